The van der Waals surface area contributed by atoms with E-state index in [2.05, 4.69) is 0 Å². The topological polar surface area (TPSA) is 67.5 Å². The molecule has 0 saturated heterocycles. The van der Waals surface area contributed by atoms with Crippen LogP contribution in [-0.2, 0) is 11.2 Å². The van der Waals surface area contributed by atoms with Crippen LogP contribution in [0.15, 0.2) is 62.4 Å². The van der Waals surface area contributed by atoms with Gasteiger partial charge in [-0.25, -0.2) is 4.79 Å². The second kappa shape index (κ2) is 10.1. The van der Waals surface area contributed by atoms with Gasteiger partial charge < -0.3 is 9.52 Å². The van der Waals surface area contributed by atoms with Gasteiger partial charge in [-0.1, -0.05) is 41.5 Å². The number of carbonyl (C=O) groups excluding carboxylic acids is 1. The van der Waals surface area contributed by atoms with Crippen molar-refractivity contribution in [2.24, 2.45) is 0 Å². The molecule has 29 heavy (non-hydrogen) atoms. The molecule has 1 heterocycles. The number of hydrogen-bond donors (Lipinski definition) is 1. The molecule has 2 aromatic rings. The Hall–Kier alpha value is -2.88. The minimum absolute atomic E-state index is 0.000917. The lowest BCUT2D eigenvalue weighted by Crippen LogP contribution is -2.07. The third-order valence-corrected chi connectivity index (χ3v) is 4.99. The number of fused-ring (bicyclic) bond motifs is 1. The summed E-state index contributed by atoms with van der Waals surface area (Å²) in [5.41, 5.74) is 4.04. The summed E-state index contributed by atoms with van der Waals surface area (Å²) in [4.78, 5) is 24.3. The summed E-state index contributed by atoms with van der Waals surface area (Å²) in [5, 5.41) is 11.2. The number of aryl methyl sites for hydroxylation is 1. The lowest BCUT2D eigenvalue weighted by molar-refractivity contribution is -0.114. The molecule has 0 radical (unpaired) electrons. The zero-order valence-electron chi connectivity index (χ0n) is 18.0. The van der Waals surface area contributed by atoms with Crippen LogP contribution in [0, 0.1) is 6.92 Å². The van der Waals surface area contributed by atoms with Crippen molar-refractivity contribution in [1.82, 2.24) is 0 Å². The molecule has 0 aliphatic heterocycles. The van der Waals surface area contributed by atoms with Crippen LogP contribution in [-0.4, -0.2) is 10.9 Å². The largest absolute Gasteiger partial charge is 0.507 e. The van der Waals surface area contributed by atoms with E-state index in [1.165, 1.54) is 0 Å². The maximum absolute atomic E-state index is 12.3. The van der Waals surface area contributed by atoms with Gasteiger partial charge in [-0.15, -0.1) is 0 Å². The standard InChI is InChI=1S/C25H30O4/c1-16(2)12-15-21(26)18(4)9-6-8-17(3)13-14-20-24(27)23-19(5)10-7-11-22(23)29-25(20)28/h7,9-13,27H,6,8,14-15H2,1-5H3/b17-13+,18-9+. The van der Waals surface area contributed by atoms with Crippen molar-refractivity contribution in [2.45, 2.75) is 60.3 Å². The molecular formula is C25H30O4. The van der Waals surface area contributed by atoms with Gasteiger partial charge in [0.15, 0.2) is 5.78 Å². The van der Waals surface area contributed by atoms with Gasteiger partial charge in [-0.3, -0.25) is 4.79 Å². The Morgan fingerprint density at radius 3 is 2.52 bits per heavy atom. The summed E-state index contributed by atoms with van der Waals surface area (Å²) >= 11 is 0. The second-order valence-electron chi connectivity index (χ2n) is 7.75. The molecule has 0 bridgehead atoms. The minimum Gasteiger partial charge on any atom is -0.507 e. The Balaban J connectivity index is 2.06. The number of aromatic hydroxyl groups is 1. The highest BCUT2D eigenvalue weighted by Gasteiger charge is 2.14. The molecule has 154 valence electrons. The van der Waals surface area contributed by atoms with Crippen LogP contribution in [0.5, 0.6) is 5.75 Å². The van der Waals surface area contributed by atoms with Crippen LogP contribution < -0.4 is 5.63 Å². The molecule has 0 saturated carbocycles. The fourth-order valence-electron chi connectivity index (χ4n) is 3.08. The van der Waals surface area contributed by atoms with E-state index >= 15 is 0 Å². The average Bonchev–Trinajstić information content (AvgIpc) is 2.65. The first-order valence-electron chi connectivity index (χ1n) is 9.94. The number of hydrogen-bond acceptors (Lipinski definition) is 4. The zero-order valence-corrected chi connectivity index (χ0v) is 18.0. The van der Waals surface area contributed by atoms with Crippen molar-refractivity contribution in [3.8, 4) is 5.75 Å². The molecule has 2 rings (SSSR count). The maximum atomic E-state index is 12.3. The van der Waals surface area contributed by atoms with Gasteiger partial charge in [-0.2, -0.15) is 0 Å². The molecule has 0 aliphatic rings. The molecule has 1 aromatic carbocycles. The van der Waals surface area contributed by atoms with Crippen LogP contribution in [0.2, 0.25) is 0 Å². The predicted octanol–water partition coefficient (Wildman–Crippen LogP) is 5.95. The van der Waals surface area contributed by atoms with Crippen molar-refractivity contribution in [1.29, 1.82) is 0 Å². The Morgan fingerprint density at radius 2 is 1.83 bits per heavy atom. The number of benzene rings is 1. The molecule has 0 fully saturated rings. The van der Waals surface area contributed by atoms with Crippen molar-refractivity contribution >= 4 is 16.8 Å². The van der Waals surface area contributed by atoms with Gasteiger partial charge >= 0.3 is 5.63 Å². The highest BCUT2D eigenvalue weighted by molar-refractivity contribution is 5.95. The number of Topliss-reactive ketones (excluding diaryl/α,β-unsaturated/α-hetero) is 1. The highest BCUT2D eigenvalue weighted by atomic mass is 16.4. The Bertz CT molecular complexity index is 1040. The number of carbonyl (C=O) groups is 1. The molecule has 0 unspecified atom stereocenters. The predicted molar refractivity (Wildman–Crippen MR) is 118 cm³/mol. The minimum atomic E-state index is -0.509. The summed E-state index contributed by atoms with van der Waals surface area (Å²) in [6.07, 6.45) is 8.13. The van der Waals surface area contributed by atoms with Crippen molar-refractivity contribution in [2.75, 3.05) is 0 Å². The van der Waals surface area contributed by atoms with Crippen LogP contribution in [0.3, 0.4) is 0 Å². The summed E-state index contributed by atoms with van der Waals surface area (Å²) in [5.74, 6) is 0.140. The first-order valence-corrected chi connectivity index (χ1v) is 9.94. The van der Waals surface area contributed by atoms with E-state index in [0.29, 0.717) is 23.8 Å². The molecular weight excluding hydrogens is 364 g/mol. The molecule has 4 nitrogen and oxygen atoms in total. The number of rotatable bonds is 8. The molecule has 4 heteroatoms. The van der Waals surface area contributed by atoms with Gasteiger partial charge in [-0.05, 0) is 64.7 Å². The fraction of sp³-hybridized carbons (Fsp3) is 0.360. The van der Waals surface area contributed by atoms with E-state index in [1.54, 1.807) is 12.1 Å². The van der Waals surface area contributed by atoms with Crippen LogP contribution in [0.1, 0.15) is 58.1 Å². The van der Waals surface area contributed by atoms with Gasteiger partial charge in [0.25, 0.3) is 0 Å². The van der Waals surface area contributed by atoms with Crippen LogP contribution >= 0.6 is 0 Å². The third-order valence-electron chi connectivity index (χ3n) is 4.99. The lowest BCUT2D eigenvalue weighted by Gasteiger charge is -2.07. The molecule has 0 aliphatic carbocycles. The van der Waals surface area contributed by atoms with Crippen molar-refractivity contribution in [3.05, 3.63) is 74.7 Å². The third kappa shape index (κ3) is 6.05. The van der Waals surface area contributed by atoms with Gasteiger partial charge in [0.05, 0.1) is 10.9 Å². The Kier molecular flexibility index (Phi) is 7.77. The monoisotopic (exact) mass is 394 g/mol. The van der Waals surface area contributed by atoms with Crippen molar-refractivity contribution in [3.63, 3.8) is 0 Å². The van der Waals surface area contributed by atoms with Gasteiger partial charge in [0.2, 0.25) is 0 Å². The van der Waals surface area contributed by atoms with E-state index in [-0.39, 0.29) is 17.1 Å². The van der Waals surface area contributed by atoms with E-state index in [9.17, 15) is 14.7 Å². The zero-order chi connectivity index (χ0) is 21.6. The molecule has 0 atom stereocenters. The first kappa shape index (κ1) is 22.4. The summed E-state index contributed by atoms with van der Waals surface area (Å²) in [6.45, 7) is 9.67. The molecule has 1 N–H and O–H groups in total. The van der Waals surface area contributed by atoms with Crippen LogP contribution in [0.4, 0.5) is 0 Å². The quantitative estimate of drug-likeness (QED) is 0.341. The number of allylic oxidation sites excluding steroid dienone is 6. The number of ketones is 1. The summed E-state index contributed by atoms with van der Waals surface area (Å²) < 4.78 is 5.37. The van der Waals surface area contributed by atoms with Crippen molar-refractivity contribution < 1.29 is 14.3 Å². The summed E-state index contributed by atoms with van der Waals surface area (Å²) in [7, 11) is 0. The summed E-state index contributed by atoms with van der Waals surface area (Å²) in [6, 6.07) is 5.35. The smallest absolute Gasteiger partial charge is 0.343 e. The van der Waals surface area contributed by atoms with Crippen LogP contribution in [0.25, 0.3) is 11.0 Å². The SMILES string of the molecule is CC(C)=CCC(=O)/C(C)=C/CC/C(C)=C/Cc1c(O)c2c(C)cccc2oc1=O. The van der Waals surface area contributed by atoms with E-state index < -0.39 is 5.63 Å². The first-order chi connectivity index (χ1) is 13.7. The molecule has 1 aromatic heterocycles. The second-order valence-corrected chi connectivity index (χ2v) is 7.75. The normalized spacial score (nSPS) is 12.3. The lowest BCUT2D eigenvalue weighted by atomic mass is 10.0. The molecule has 0 spiro atoms. The Morgan fingerprint density at radius 1 is 1.10 bits per heavy atom. The van der Waals surface area contributed by atoms with Gasteiger partial charge in [0.1, 0.15) is 11.3 Å². The highest BCUT2D eigenvalue weighted by Crippen LogP contribution is 2.29. The van der Waals surface area contributed by atoms with E-state index in [1.807, 2.05) is 58.9 Å². The fourth-order valence-corrected chi connectivity index (χ4v) is 3.08. The van der Waals surface area contributed by atoms with Gasteiger partial charge in [0, 0.05) is 12.8 Å². The molecule has 0 amide bonds. The maximum Gasteiger partial charge on any atom is 0.343 e. The Labute approximate surface area is 172 Å². The van der Waals surface area contributed by atoms with E-state index in [0.717, 1.165) is 35.1 Å². The van der Waals surface area contributed by atoms with E-state index in [4.69, 9.17) is 4.42 Å². The average molecular weight is 395 g/mol.